The van der Waals surface area contributed by atoms with E-state index in [0.717, 1.165) is 4.90 Å². The van der Waals surface area contributed by atoms with Gasteiger partial charge in [-0.3, -0.25) is 19.8 Å². The zero-order chi connectivity index (χ0) is 11.7. The van der Waals surface area contributed by atoms with Crippen molar-refractivity contribution >= 4 is 23.9 Å². The van der Waals surface area contributed by atoms with Crippen molar-refractivity contribution in [1.82, 2.24) is 10.2 Å². The van der Waals surface area contributed by atoms with Crippen LogP contribution in [-0.2, 0) is 9.59 Å². The Morgan fingerprint density at radius 1 is 1.38 bits per heavy atom. The largest absolute Gasteiger partial charge is 0.465 e. The summed E-state index contributed by atoms with van der Waals surface area (Å²) >= 11 is 0. The van der Waals surface area contributed by atoms with E-state index in [9.17, 15) is 14.4 Å². The summed E-state index contributed by atoms with van der Waals surface area (Å²) in [6, 6.07) is 2.50. The lowest BCUT2D eigenvalue weighted by molar-refractivity contribution is -0.129. The van der Waals surface area contributed by atoms with E-state index in [-0.39, 0.29) is 5.57 Å². The van der Waals surface area contributed by atoms with Gasteiger partial charge in [0.15, 0.2) is 0 Å². The number of hydrogen-bond donors (Lipinski definition) is 1. The predicted octanol–water partition coefficient (Wildman–Crippen LogP) is 0.371. The molecular formula is C10H8N2O4. The second kappa shape index (κ2) is 3.65. The molecule has 1 aliphatic heterocycles. The molecule has 0 atom stereocenters. The van der Waals surface area contributed by atoms with Crippen molar-refractivity contribution in [2.75, 3.05) is 7.05 Å². The molecule has 82 valence electrons. The number of barbiturate groups is 1. The van der Waals surface area contributed by atoms with E-state index in [1.165, 1.54) is 19.4 Å². The standard InChI is InChI=1S/C10H8N2O4/c1-12-9(14)7(8(13)11-10(12)15)5-6-3-2-4-16-6/h2-5H,1H3,(H,11,13,15)/b7-5+. The fraction of sp³-hybridized carbons (Fsp3) is 0.100. The van der Waals surface area contributed by atoms with Gasteiger partial charge in [-0.2, -0.15) is 0 Å². The van der Waals surface area contributed by atoms with Crippen LogP contribution in [0.25, 0.3) is 6.08 Å². The monoisotopic (exact) mass is 220 g/mol. The van der Waals surface area contributed by atoms with Gasteiger partial charge in [-0.05, 0) is 18.2 Å². The van der Waals surface area contributed by atoms with Gasteiger partial charge in [-0.1, -0.05) is 0 Å². The van der Waals surface area contributed by atoms with E-state index < -0.39 is 17.8 Å². The molecule has 1 aromatic rings. The van der Waals surface area contributed by atoms with Crippen LogP contribution in [0.3, 0.4) is 0 Å². The van der Waals surface area contributed by atoms with Gasteiger partial charge in [0, 0.05) is 7.05 Å². The van der Waals surface area contributed by atoms with Crippen LogP contribution in [-0.4, -0.2) is 29.8 Å². The van der Waals surface area contributed by atoms with Crippen LogP contribution in [0, 0.1) is 0 Å². The SMILES string of the molecule is CN1C(=O)NC(=O)/C(=C\c2ccco2)C1=O. The molecule has 0 spiro atoms. The summed E-state index contributed by atoms with van der Waals surface area (Å²) in [6.07, 6.45) is 2.72. The van der Waals surface area contributed by atoms with E-state index in [4.69, 9.17) is 4.42 Å². The minimum atomic E-state index is -0.730. The first-order chi connectivity index (χ1) is 7.59. The molecule has 2 rings (SSSR count). The molecule has 4 amide bonds. The van der Waals surface area contributed by atoms with Crippen molar-refractivity contribution in [3.05, 3.63) is 29.7 Å². The zero-order valence-electron chi connectivity index (χ0n) is 8.39. The molecule has 1 fully saturated rings. The molecule has 1 aromatic heterocycles. The van der Waals surface area contributed by atoms with Gasteiger partial charge in [-0.15, -0.1) is 0 Å². The lowest BCUT2D eigenvalue weighted by Crippen LogP contribution is -2.52. The highest BCUT2D eigenvalue weighted by Crippen LogP contribution is 2.13. The number of hydrogen-bond acceptors (Lipinski definition) is 4. The Bertz CT molecular complexity index is 487. The summed E-state index contributed by atoms with van der Waals surface area (Å²) in [5.41, 5.74) is -0.128. The van der Waals surface area contributed by atoms with Crippen LogP contribution in [0.2, 0.25) is 0 Å². The van der Waals surface area contributed by atoms with Crippen molar-refractivity contribution in [3.63, 3.8) is 0 Å². The molecule has 0 aliphatic carbocycles. The first kappa shape index (κ1) is 10.2. The molecule has 0 aromatic carbocycles. The van der Waals surface area contributed by atoms with Crippen molar-refractivity contribution in [2.24, 2.45) is 0 Å². The molecule has 0 bridgehead atoms. The minimum Gasteiger partial charge on any atom is -0.465 e. The number of nitrogens with one attached hydrogen (secondary N) is 1. The van der Waals surface area contributed by atoms with Crippen molar-refractivity contribution in [1.29, 1.82) is 0 Å². The number of imide groups is 2. The number of furan rings is 1. The van der Waals surface area contributed by atoms with Gasteiger partial charge in [-0.25, -0.2) is 4.79 Å². The summed E-state index contributed by atoms with van der Waals surface area (Å²) < 4.78 is 4.98. The van der Waals surface area contributed by atoms with Crippen LogP contribution < -0.4 is 5.32 Å². The van der Waals surface area contributed by atoms with E-state index in [1.807, 2.05) is 5.32 Å². The number of rotatable bonds is 1. The molecule has 6 nitrogen and oxygen atoms in total. The normalized spacial score (nSPS) is 19.2. The Morgan fingerprint density at radius 3 is 2.75 bits per heavy atom. The molecule has 0 radical (unpaired) electrons. The van der Waals surface area contributed by atoms with Crippen molar-refractivity contribution in [2.45, 2.75) is 0 Å². The molecule has 1 aliphatic rings. The maximum Gasteiger partial charge on any atom is 0.331 e. The van der Waals surface area contributed by atoms with Gasteiger partial charge < -0.3 is 4.42 Å². The average Bonchev–Trinajstić information content (AvgIpc) is 2.74. The highest BCUT2D eigenvalue weighted by molar-refractivity contribution is 6.30. The second-order valence-corrected chi connectivity index (χ2v) is 3.20. The van der Waals surface area contributed by atoms with Crippen molar-refractivity contribution in [3.8, 4) is 0 Å². The Balaban J connectivity index is 2.37. The number of likely N-dealkylation sites (N-methyl/N-ethyl adjacent to an activating group) is 1. The zero-order valence-corrected chi connectivity index (χ0v) is 8.39. The molecule has 0 saturated carbocycles. The Hall–Kier alpha value is -2.37. The number of amides is 4. The number of carbonyl (C=O) groups excluding carboxylic acids is 3. The lowest BCUT2D eigenvalue weighted by atomic mass is 10.1. The predicted molar refractivity (Wildman–Crippen MR) is 53.0 cm³/mol. The summed E-state index contributed by atoms with van der Waals surface area (Å²) in [5, 5.41) is 2.04. The molecule has 16 heavy (non-hydrogen) atoms. The third-order valence-electron chi connectivity index (χ3n) is 2.13. The van der Waals surface area contributed by atoms with E-state index in [0.29, 0.717) is 5.76 Å². The summed E-state index contributed by atoms with van der Waals surface area (Å²) in [5.74, 6) is -0.990. The highest BCUT2D eigenvalue weighted by Gasteiger charge is 2.33. The smallest absolute Gasteiger partial charge is 0.331 e. The number of carbonyl (C=O) groups is 3. The summed E-state index contributed by atoms with van der Waals surface area (Å²) in [6.45, 7) is 0. The highest BCUT2D eigenvalue weighted by atomic mass is 16.3. The molecule has 0 unspecified atom stereocenters. The van der Waals surface area contributed by atoms with Gasteiger partial charge in [0.1, 0.15) is 11.3 Å². The molecular weight excluding hydrogens is 212 g/mol. The Labute approximate surface area is 90.5 Å². The van der Waals surface area contributed by atoms with Crippen molar-refractivity contribution < 1.29 is 18.8 Å². The van der Waals surface area contributed by atoms with E-state index >= 15 is 0 Å². The fourth-order valence-corrected chi connectivity index (χ4v) is 1.26. The molecule has 6 heteroatoms. The van der Waals surface area contributed by atoms with Gasteiger partial charge in [0.2, 0.25) is 0 Å². The number of nitrogens with zero attached hydrogens (tertiary/aromatic N) is 1. The molecule has 1 N–H and O–H groups in total. The third-order valence-corrected chi connectivity index (χ3v) is 2.13. The van der Waals surface area contributed by atoms with Crippen LogP contribution in [0.1, 0.15) is 5.76 Å². The molecule has 1 saturated heterocycles. The summed E-state index contributed by atoms with van der Waals surface area (Å²) in [4.78, 5) is 34.9. The second-order valence-electron chi connectivity index (χ2n) is 3.20. The maximum absolute atomic E-state index is 11.6. The first-order valence-corrected chi connectivity index (χ1v) is 4.48. The maximum atomic E-state index is 11.6. The summed E-state index contributed by atoms with van der Waals surface area (Å²) in [7, 11) is 1.29. The fourth-order valence-electron chi connectivity index (χ4n) is 1.26. The minimum absolute atomic E-state index is 0.128. The Morgan fingerprint density at radius 2 is 2.12 bits per heavy atom. The Kier molecular flexibility index (Phi) is 2.32. The van der Waals surface area contributed by atoms with Gasteiger partial charge in [0.25, 0.3) is 11.8 Å². The number of urea groups is 1. The lowest BCUT2D eigenvalue weighted by Gasteiger charge is -2.21. The molecule has 2 heterocycles. The van der Waals surface area contributed by atoms with E-state index in [1.54, 1.807) is 12.1 Å². The van der Waals surface area contributed by atoms with E-state index in [2.05, 4.69) is 0 Å². The third kappa shape index (κ3) is 1.60. The van der Waals surface area contributed by atoms with Gasteiger partial charge >= 0.3 is 6.03 Å². The quantitative estimate of drug-likeness (QED) is 0.547. The van der Waals surface area contributed by atoms with Crippen LogP contribution >= 0.6 is 0 Å². The average molecular weight is 220 g/mol. The van der Waals surface area contributed by atoms with Crippen LogP contribution in [0.15, 0.2) is 28.4 Å². The van der Waals surface area contributed by atoms with Gasteiger partial charge in [0.05, 0.1) is 6.26 Å². The van der Waals surface area contributed by atoms with Crippen LogP contribution in [0.4, 0.5) is 4.79 Å². The topological polar surface area (TPSA) is 79.6 Å². The first-order valence-electron chi connectivity index (χ1n) is 4.48. The van der Waals surface area contributed by atoms with Crippen LogP contribution in [0.5, 0.6) is 0 Å².